The lowest BCUT2D eigenvalue weighted by atomic mass is 10.1. The molecule has 1 amide bonds. The van der Waals surface area contributed by atoms with Gasteiger partial charge in [0, 0.05) is 12.4 Å². The van der Waals surface area contributed by atoms with Crippen molar-refractivity contribution in [2.75, 3.05) is 5.32 Å². The topological polar surface area (TPSA) is 46.9 Å². The highest BCUT2D eigenvalue weighted by Gasteiger charge is 2.33. The zero-order chi connectivity index (χ0) is 14.8. The number of halogens is 4. The van der Waals surface area contributed by atoms with Crippen LogP contribution in [0.1, 0.15) is 5.56 Å². The number of imidazole rings is 1. The number of anilines is 1. The van der Waals surface area contributed by atoms with E-state index in [1.807, 2.05) is 0 Å². The van der Waals surface area contributed by atoms with Crippen molar-refractivity contribution in [1.82, 2.24) is 9.55 Å². The highest BCUT2D eigenvalue weighted by molar-refractivity contribution is 6.28. The number of carbonyl (C=O) groups is 1. The Morgan fingerprint density at radius 1 is 1.35 bits per heavy atom. The maximum Gasteiger partial charge on any atom is 0.418 e. The standard InChI is InChI=1S/C12H9ClF3N3O/c13-11-17-5-6-19(11)7-10(20)18-9-4-2-1-3-8(9)12(14,15)16/h1-6H,7H2,(H,18,20). The number of carbonyl (C=O) groups excluding carboxylic acids is 1. The number of nitrogens with one attached hydrogen (secondary N) is 1. The fourth-order valence-corrected chi connectivity index (χ4v) is 1.79. The first-order valence-electron chi connectivity index (χ1n) is 5.50. The van der Waals surface area contributed by atoms with Crippen molar-refractivity contribution < 1.29 is 18.0 Å². The van der Waals surface area contributed by atoms with Gasteiger partial charge in [0.1, 0.15) is 6.54 Å². The van der Waals surface area contributed by atoms with Crippen molar-refractivity contribution in [3.63, 3.8) is 0 Å². The summed E-state index contributed by atoms with van der Waals surface area (Å²) in [7, 11) is 0. The van der Waals surface area contributed by atoms with Gasteiger partial charge in [-0.2, -0.15) is 13.2 Å². The minimum absolute atomic E-state index is 0.0873. The second kappa shape index (κ2) is 5.54. The third-order valence-electron chi connectivity index (χ3n) is 2.49. The first-order chi connectivity index (χ1) is 9.38. The number of hydrogen-bond donors (Lipinski definition) is 1. The normalized spacial score (nSPS) is 11.4. The van der Waals surface area contributed by atoms with Crippen LogP contribution in [0.4, 0.5) is 18.9 Å². The van der Waals surface area contributed by atoms with E-state index >= 15 is 0 Å². The van der Waals surface area contributed by atoms with Crippen LogP contribution in [0.2, 0.25) is 5.28 Å². The lowest BCUT2D eigenvalue weighted by molar-refractivity contribution is -0.137. The molecule has 4 nitrogen and oxygen atoms in total. The minimum atomic E-state index is -4.53. The molecule has 0 atom stereocenters. The molecule has 1 aromatic carbocycles. The summed E-state index contributed by atoms with van der Waals surface area (Å²) in [5, 5.41) is 2.30. The van der Waals surface area contributed by atoms with Crippen molar-refractivity contribution >= 4 is 23.2 Å². The Morgan fingerprint density at radius 2 is 2.05 bits per heavy atom. The number of aromatic nitrogens is 2. The van der Waals surface area contributed by atoms with E-state index in [1.165, 1.54) is 35.2 Å². The largest absolute Gasteiger partial charge is 0.418 e. The molecule has 0 saturated carbocycles. The van der Waals surface area contributed by atoms with Gasteiger partial charge < -0.3 is 9.88 Å². The summed E-state index contributed by atoms with van der Waals surface area (Å²) in [5.74, 6) is -0.624. The summed E-state index contributed by atoms with van der Waals surface area (Å²) in [4.78, 5) is 15.4. The Bertz CT molecular complexity index is 624. The minimum Gasteiger partial charge on any atom is -0.324 e. The van der Waals surface area contributed by atoms with Gasteiger partial charge in [0.2, 0.25) is 11.2 Å². The molecule has 1 heterocycles. The Morgan fingerprint density at radius 3 is 2.65 bits per heavy atom. The third-order valence-corrected chi connectivity index (χ3v) is 2.80. The zero-order valence-electron chi connectivity index (χ0n) is 9.99. The van der Waals surface area contributed by atoms with E-state index in [0.29, 0.717) is 0 Å². The van der Waals surface area contributed by atoms with Crippen LogP contribution >= 0.6 is 11.6 Å². The molecule has 106 valence electrons. The van der Waals surface area contributed by atoms with Crippen LogP contribution in [0.25, 0.3) is 0 Å². The monoisotopic (exact) mass is 303 g/mol. The number of nitrogens with zero attached hydrogens (tertiary/aromatic N) is 2. The molecule has 0 spiro atoms. The molecule has 1 aromatic heterocycles. The van der Waals surface area contributed by atoms with E-state index in [0.717, 1.165) is 6.07 Å². The van der Waals surface area contributed by atoms with E-state index in [1.54, 1.807) is 0 Å². The number of para-hydroxylation sites is 1. The lowest BCUT2D eigenvalue weighted by Gasteiger charge is -2.13. The van der Waals surface area contributed by atoms with Gasteiger partial charge in [0.25, 0.3) is 0 Å². The van der Waals surface area contributed by atoms with E-state index in [4.69, 9.17) is 11.6 Å². The molecule has 0 saturated heterocycles. The van der Waals surface area contributed by atoms with E-state index in [2.05, 4.69) is 10.3 Å². The molecule has 1 N–H and O–H groups in total. The molecule has 0 aliphatic rings. The number of alkyl halides is 3. The maximum atomic E-state index is 12.8. The van der Waals surface area contributed by atoms with E-state index in [9.17, 15) is 18.0 Å². The van der Waals surface area contributed by atoms with E-state index < -0.39 is 17.6 Å². The van der Waals surface area contributed by atoms with Crippen LogP contribution < -0.4 is 5.32 Å². The van der Waals surface area contributed by atoms with Gasteiger partial charge in [0.05, 0.1) is 11.3 Å². The predicted octanol–water partition coefficient (Wildman–Crippen LogP) is 3.19. The maximum absolute atomic E-state index is 12.8. The molecule has 20 heavy (non-hydrogen) atoms. The Kier molecular flexibility index (Phi) is 3.99. The van der Waals surface area contributed by atoms with Gasteiger partial charge in [-0.25, -0.2) is 4.98 Å². The first kappa shape index (κ1) is 14.4. The number of rotatable bonds is 3. The van der Waals surface area contributed by atoms with Crippen molar-refractivity contribution in [2.45, 2.75) is 12.7 Å². The van der Waals surface area contributed by atoms with Gasteiger partial charge in [-0.1, -0.05) is 12.1 Å². The quantitative estimate of drug-likeness (QED) is 0.946. The summed E-state index contributed by atoms with van der Waals surface area (Å²) in [6, 6.07) is 4.76. The van der Waals surface area contributed by atoms with Gasteiger partial charge in [0.15, 0.2) is 0 Å². The molecule has 0 radical (unpaired) electrons. The van der Waals surface area contributed by atoms with Crippen LogP contribution in [-0.2, 0) is 17.5 Å². The molecule has 2 rings (SSSR count). The smallest absolute Gasteiger partial charge is 0.324 e. The lowest BCUT2D eigenvalue weighted by Crippen LogP contribution is -2.20. The van der Waals surface area contributed by atoms with Crippen LogP contribution in [0.3, 0.4) is 0 Å². The van der Waals surface area contributed by atoms with Crippen molar-refractivity contribution in [3.05, 3.63) is 47.5 Å². The summed E-state index contributed by atoms with van der Waals surface area (Å²) < 4.78 is 39.6. The second-order valence-corrected chi connectivity index (χ2v) is 4.25. The van der Waals surface area contributed by atoms with Gasteiger partial charge in [-0.05, 0) is 23.7 Å². The summed E-state index contributed by atoms with van der Waals surface area (Å²) in [6.45, 7) is -0.217. The molecule has 0 fully saturated rings. The fraction of sp³-hybridized carbons (Fsp3) is 0.167. The molecule has 2 aromatic rings. The molecular formula is C12H9ClF3N3O. The Balaban J connectivity index is 2.15. The highest BCUT2D eigenvalue weighted by Crippen LogP contribution is 2.34. The molecular weight excluding hydrogens is 295 g/mol. The third kappa shape index (κ3) is 3.30. The molecule has 0 unspecified atom stereocenters. The van der Waals surface area contributed by atoms with Gasteiger partial charge >= 0.3 is 6.18 Å². The first-order valence-corrected chi connectivity index (χ1v) is 5.88. The van der Waals surface area contributed by atoms with Gasteiger partial charge in [-0.3, -0.25) is 4.79 Å². The van der Waals surface area contributed by atoms with Crippen molar-refractivity contribution in [2.24, 2.45) is 0 Å². The number of amides is 1. The molecule has 0 aliphatic heterocycles. The molecule has 0 aliphatic carbocycles. The highest BCUT2D eigenvalue weighted by atomic mass is 35.5. The van der Waals surface area contributed by atoms with Crippen LogP contribution in [-0.4, -0.2) is 15.5 Å². The predicted molar refractivity (Wildman–Crippen MR) is 67.3 cm³/mol. The second-order valence-electron chi connectivity index (χ2n) is 3.92. The van der Waals surface area contributed by atoms with Crippen LogP contribution in [0.15, 0.2) is 36.7 Å². The molecule has 8 heteroatoms. The Labute approximate surface area is 117 Å². The summed E-state index contributed by atoms with van der Waals surface area (Å²) >= 11 is 5.68. The van der Waals surface area contributed by atoms with Crippen molar-refractivity contribution in [1.29, 1.82) is 0 Å². The van der Waals surface area contributed by atoms with Crippen LogP contribution in [0.5, 0.6) is 0 Å². The van der Waals surface area contributed by atoms with E-state index in [-0.39, 0.29) is 17.5 Å². The average molecular weight is 304 g/mol. The SMILES string of the molecule is O=C(Cn1ccnc1Cl)Nc1ccccc1C(F)(F)F. The summed E-state index contributed by atoms with van der Waals surface area (Å²) in [5.41, 5.74) is -1.19. The Hall–Kier alpha value is -2.02. The zero-order valence-corrected chi connectivity index (χ0v) is 10.7. The number of hydrogen-bond acceptors (Lipinski definition) is 2. The van der Waals surface area contributed by atoms with Crippen LogP contribution in [0, 0.1) is 0 Å². The van der Waals surface area contributed by atoms with Gasteiger partial charge in [-0.15, -0.1) is 0 Å². The average Bonchev–Trinajstić information content (AvgIpc) is 2.74. The summed E-state index contributed by atoms with van der Waals surface area (Å²) in [6.07, 6.45) is -1.69. The van der Waals surface area contributed by atoms with Crippen molar-refractivity contribution in [3.8, 4) is 0 Å². The molecule has 0 bridgehead atoms. The fourth-order valence-electron chi connectivity index (χ4n) is 1.61. The number of benzene rings is 1.